The summed E-state index contributed by atoms with van der Waals surface area (Å²) in [5.74, 6) is -4.68. The molecule has 16 heavy (non-hydrogen) atoms. The molecule has 1 unspecified atom stereocenters. The average molecular weight is 228 g/mol. The van der Waals surface area contributed by atoms with E-state index in [4.69, 9.17) is 5.11 Å². The third-order valence-electron chi connectivity index (χ3n) is 2.62. The molecule has 0 amide bonds. The maximum atomic E-state index is 13.4. The van der Waals surface area contributed by atoms with Crippen molar-refractivity contribution in [2.24, 2.45) is 0 Å². The van der Waals surface area contributed by atoms with Crippen LogP contribution in [0.2, 0.25) is 0 Å². The molecule has 0 aliphatic carbocycles. The molecule has 0 bridgehead atoms. The normalized spacial score (nSPS) is 13.5. The maximum Gasteiger partial charge on any atom is 0.310 e. The number of rotatable bonds is 4. The Kier molecular flexibility index (Phi) is 3.62. The lowest BCUT2D eigenvalue weighted by atomic mass is 9.96. The Balaban J connectivity index is 3.09. The predicted octanol–water partition coefficient (Wildman–Crippen LogP) is 3.38. The van der Waals surface area contributed by atoms with E-state index in [0.717, 1.165) is 0 Å². The Bertz CT molecular complexity index is 388. The van der Waals surface area contributed by atoms with E-state index in [1.54, 1.807) is 6.07 Å². The quantitative estimate of drug-likeness (QED) is 0.857. The second-order valence-corrected chi connectivity index (χ2v) is 3.74. The van der Waals surface area contributed by atoms with E-state index in [9.17, 15) is 13.6 Å². The van der Waals surface area contributed by atoms with Crippen LogP contribution in [-0.2, 0) is 10.7 Å². The number of hydrogen-bond donors (Lipinski definition) is 1. The van der Waals surface area contributed by atoms with Crippen LogP contribution in [0.25, 0.3) is 0 Å². The molecule has 1 aromatic rings. The number of carbonyl (C=O) groups is 1. The highest BCUT2D eigenvalue weighted by Gasteiger charge is 2.29. The summed E-state index contributed by atoms with van der Waals surface area (Å²) in [6.45, 7) is 2.87. The Morgan fingerprint density at radius 3 is 2.62 bits per heavy atom. The summed E-state index contributed by atoms with van der Waals surface area (Å²) in [4.78, 5) is 10.7. The molecule has 1 atom stereocenters. The highest BCUT2D eigenvalue weighted by atomic mass is 19.3. The minimum atomic E-state index is -2.89. The fourth-order valence-corrected chi connectivity index (χ4v) is 1.38. The van der Waals surface area contributed by atoms with Crippen molar-refractivity contribution < 1.29 is 18.7 Å². The molecule has 0 saturated carbocycles. The van der Waals surface area contributed by atoms with Gasteiger partial charge in [0.25, 0.3) is 5.92 Å². The number of aliphatic carboxylic acids is 1. The van der Waals surface area contributed by atoms with Gasteiger partial charge in [-0.2, -0.15) is 0 Å². The molecule has 0 saturated heterocycles. The second kappa shape index (κ2) is 4.60. The first-order valence-corrected chi connectivity index (χ1v) is 5.09. The van der Waals surface area contributed by atoms with Gasteiger partial charge in [0.2, 0.25) is 0 Å². The van der Waals surface area contributed by atoms with E-state index in [1.807, 2.05) is 0 Å². The van der Waals surface area contributed by atoms with Gasteiger partial charge in [-0.1, -0.05) is 25.1 Å². The molecule has 0 aliphatic heterocycles. The summed E-state index contributed by atoms with van der Waals surface area (Å²) >= 11 is 0. The zero-order valence-electron chi connectivity index (χ0n) is 9.21. The largest absolute Gasteiger partial charge is 0.481 e. The summed E-state index contributed by atoms with van der Waals surface area (Å²) in [6.07, 6.45) is -0.294. The SMILES string of the molecule is CCC(F)(F)c1cccc(C(C)C(=O)O)c1. The third kappa shape index (κ3) is 2.56. The van der Waals surface area contributed by atoms with E-state index in [-0.39, 0.29) is 12.0 Å². The first-order valence-electron chi connectivity index (χ1n) is 5.09. The Hall–Kier alpha value is -1.45. The van der Waals surface area contributed by atoms with Crippen molar-refractivity contribution in [2.45, 2.75) is 32.1 Å². The van der Waals surface area contributed by atoms with Crippen LogP contribution < -0.4 is 0 Å². The molecule has 4 heteroatoms. The van der Waals surface area contributed by atoms with Crippen molar-refractivity contribution in [1.82, 2.24) is 0 Å². The molecule has 0 spiro atoms. The molecule has 1 N–H and O–H groups in total. The molecule has 0 fully saturated rings. The predicted molar refractivity (Wildman–Crippen MR) is 56.7 cm³/mol. The second-order valence-electron chi connectivity index (χ2n) is 3.74. The molecule has 0 aliphatic rings. The molecule has 0 heterocycles. The summed E-state index contributed by atoms with van der Waals surface area (Å²) < 4.78 is 26.8. The molecular formula is C12H14F2O2. The first-order chi connectivity index (χ1) is 7.38. The Morgan fingerprint density at radius 1 is 1.50 bits per heavy atom. The van der Waals surface area contributed by atoms with Gasteiger partial charge in [0.05, 0.1) is 5.92 Å². The van der Waals surface area contributed by atoms with Crippen LogP contribution in [0.3, 0.4) is 0 Å². The highest BCUT2D eigenvalue weighted by molar-refractivity contribution is 5.75. The average Bonchev–Trinajstić information content (AvgIpc) is 2.28. The summed E-state index contributed by atoms with van der Waals surface area (Å²) in [7, 11) is 0. The highest BCUT2D eigenvalue weighted by Crippen LogP contribution is 2.32. The lowest BCUT2D eigenvalue weighted by molar-refractivity contribution is -0.138. The standard InChI is InChI=1S/C12H14F2O2/c1-3-12(13,14)10-6-4-5-9(7-10)8(2)11(15)16/h4-8H,3H2,1-2H3,(H,15,16). The van der Waals surface area contributed by atoms with E-state index < -0.39 is 17.8 Å². The van der Waals surface area contributed by atoms with Crippen LogP contribution in [0.5, 0.6) is 0 Å². The van der Waals surface area contributed by atoms with Gasteiger partial charge in [0.1, 0.15) is 0 Å². The van der Waals surface area contributed by atoms with Gasteiger partial charge < -0.3 is 5.11 Å². The maximum absolute atomic E-state index is 13.4. The fourth-order valence-electron chi connectivity index (χ4n) is 1.38. The van der Waals surface area contributed by atoms with E-state index in [2.05, 4.69) is 0 Å². The minimum absolute atomic E-state index is 0.124. The van der Waals surface area contributed by atoms with Crippen molar-refractivity contribution in [3.8, 4) is 0 Å². The van der Waals surface area contributed by atoms with Gasteiger partial charge >= 0.3 is 5.97 Å². The lowest BCUT2D eigenvalue weighted by Crippen LogP contribution is -2.13. The van der Waals surface area contributed by atoms with Crippen molar-refractivity contribution in [3.63, 3.8) is 0 Å². The summed E-state index contributed by atoms with van der Waals surface area (Å²) in [5.41, 5.74) is 0.277. The molecule has 0 radical (unpaired) electrons. The van der Waals surface area contributed by atoms with Gasteiger partial charge in [0.15, 0.2) is 0 Å². The van der Waals surface area contributed by atoms with Crippen molar-refractivity contribution in [1.29, 1.82) is 0 Å². The van der Waals surface area contributed by atoms with Gasteiger partial charge in [0, 0.05) is 12.0 Å². The monoisotopic (exact) mass is 228 g/mol. The van der Waals surface area contributed by atoms with Crippen LogP contribution in [0.1, 0.15) is 37.3 Å². The third-order valence-corrected chi connectivity index (χ3v) is 2.62. The topological polar surface area (TPSA) is 37.3 Å². The zero-order valence-corrected chi connectivity index (χ0v) is 9.21. The molecule has 88 valence electrons. The number of carboxylic acids is 1. The van der Waals surface area contributed by atoms with Crippen molar-refractivity contribution in [2.75, 3.05) is 0 Å². The fraction of sp³-hybridized carbons (Fsp3) is 0.417. The number of halogens is 2. The Labute approximate surface area is 92.9 Å². The molecule has 0 aromatic heterocycles. The van der Waals surface area contributed by atoms with Gasteiger partial charge in [-0.3, -0.25) is 4.79 Å². The minimum Gasteiger partial charge on any atom is -0.481 e. The first kappa shape index (κ1) is 12.6. The molecular weight excluding hydrogens is 214 g/mol. The van der Waals surface area contributed by atoms with Crippen LogP contribution in [0, 0.1) is 0 Å². The van der Waals surface area contributed by atoms with Crippen LogP contribution in [-0.4, -0.2) is 11.1 Å². The van der Waals surface area contributed by atoms with Gasteiger partial charge in [-0.15, -0.1) is 0 Å². The smallest absolute Gasteiger partial charge is 0.310 e. The summed E-state index contributed by atoms with van der Waals surface area (Å²) in [6, 6.07) is 5.60. The summed E-state index contributed by atoms with van der Waals surface area (Å²) in [5, 5.41) is 8.80. The number of hydrogen-bond acceptors (Lipinski definition) is 1. The molecule has 1 rings (SSSR count). The van der Waals surface area contributed by atoms with Crippen molar-refractivity contribution in [3.05, 3.63) is 35.4 Å². The van der Waals surface area contributed by atoms with Gasteiger partial charge in [-0.25, -0.2) is 8.78 Å². The lowest BCUT2D eigenvalue weighted by Gasteiger charge is -2.16. The Morgan fingerprint density at radius 2 is 2.12 bits per heavy atom. The van der Waals surface area contributed by atoms with Crippen LogP contribution in [0.15, 0.2) is 24.3 Å². The number of carboxylic acid groups (broad SMARTS) is 1. The molecule has 2 nitrogen and oxygen atoms in total. The van der Waals surface area contributed by atoms with E-state index in [0.29, 0.717) is 5.56 Å². The zero-order chi connectivity index (χ0) is 12.3. The van der Waals surface area contributed by atoms with Crippen LogP contribution in [0.4, 0.5) is 8.78 Å². The van der Waals surface area contributed by atoms with Crippen LogP contribution >= 0.6 is 0 Å². The number of alkyl halides is 2. The van der Waals surface area contributed by atoms with Gasteiger partial charge in [-0.05, 0) is 18.6 Å². The van der Waals surface area contributed by atoms with E-state index in [1.165, 1.54) is 32.0 Å². The van der Waals surface area contributed by atoms with Crippen molar-refractivity contribution >= 4 is 5.97 Å². The van der Waals surface area contributed by atoms with E-state index >= 15 is 0 Å². The molecule has 1 aromatic carbocycles. The number of benzene rings is 1.